The number of halogens is 1. The summed E-state index contributed by atoms with van der Waals surface area (Å²) in [6, 6.07) is 13.8. The molecule has 4 rings (SSSR count). The Balaban J connectivity index is 1.92. The average molecular weight is 500 g/mol. The molecule has 2 heterocycles. The van der Waals surface area contributed by atoms with Crippen molar-refractivity contribution in [3.63, 3.8) is 0 Å². The molecule has 2 aromatic heterocycles. The summed E-state index contributed by atoms with van der Waals surface area (Å²) in [5.74, 6) is -0.0485. The summed E-state index contributed by atoms with van der Waals surface area (Å²) in [5.41, 5.74) is 2.71. The Kier molecular flexibility index (Phi) is 6.66. The fourth-order valence-electron chi connectivity index (χ4n) is 4.09. The van der Waals surface area contributed by atoms with Crippen molar-refractivity contribution in [1.82, 2.24) is 14.1 Å². The van der Waals surface area contributed by atoms with Gasteiger partial charge < -0.3 is 9.47 Å². The Morgan fingerprint density at radius 3 is 2.34 bits per heavy atom. The molecule has 4 aromatic rings. The van der Waals surface area contributed by atoms with E-state index in [1.807, 2.05) is 12.1 Å². The van der Waals surface area contributed by atoms with Crippen LogP contribution in [0.1, 0.15) is 18.7 Å². The zero-order valence-corrected chi connectivity index (χ0v) is 20.7. The zero-order chi connectivity index (χ0) is 25.3. The molecule has 2 aromatic carbocycles. The molecule has 0 aliphatic carbocycles. The summed E-state index contributed by atoms with van der Waals surface area (Å²) in [7, 11) is -0.396. The van der Waals surface area contributed by atoms with Crippen molar-refractivity contribution in [3.8, 4) is 22.8 Å². The van der Waals surface area contributed by atoms with Gasteiger partial charge in [-0.25, -0.2) is 22.6 Å². The van der Waals surface area contributed by atoms with Crippen LogP contribution in [-0.2, 0) is 16.9 Å². The zero-order valence-electron chi connectivity index (χ0n) is 19.9. The summed E-state index contributed by atoms with van der Waals surface area (Å²) < 4.78 is 52.0. The van der Waals surface area contributed by atoms with Crippen LogP contribution in [0.25, 0.3) is 22.2 Å². The molecule has 0 unspecified atom stereocenters. The van der Waals surface area contributed by atoms with E-state index in [4.69, 9.17) is 9.47 Å². The van der Waals surface area contributed by atoms with Gasteiger partial charge in [-0.15, -0.1) is 0 Å². The molecule has 8 nitrogen and oxygen atoms in total. The Morgan fingerprint density at radius 2 is 1.71 bits per heavy atom. The van der Waals surface area contributed by atoms with Gasteiger partial charge in [-0.1, -0.05) is 18.2 Å². The minimum absolute atomic E-state index is 0.220. The van der Waals surface area contributed by atoms with Crippen LogP contribution in [0.3, 0.4) is 0 Å². The molecule has 0 N–H and O–H groups in total. The largest absolute Gasteiger partial charge is 0.491 e. The topological polar surface area (TPSA) is 92.4 Å². The first-order valence-electron chi connectivity index (χ1n) is 10.9. The SMILES string of the molecule is CCOc1nc([C@H](CS(C)(=O)=O)n2c(=O)n(C)c3cc(-c4ccc(F)cc4)ccc32)ccc1OC. The maximum absolute atomic E-state index is 13.4. The van der Waals surface area contributed by atoms with Gasteiger partial charge in [0.05, 0.1) is 42.2 Å². The number of hydrogen-bond acceptors (Lipinski definition) is 6. The van der Waals surface area contributed by atoms with Crippen LogP contribution in [0.5, 0.6) is 11.6 Å². The Bertz CT molecular complexity index is 1540. The minimum Gasteiger partial charge on any atom is -0.491 e. The molecule has 0 saturated heterocycles. The van der Waals surface area contributed by atoms with Gasteiger partial charge in [-0.2, -0.15) is 0 Å². The van der Waals surface area contributed by atoms with Crippen LogP contribution in [-0.4, -0.2) is 48.3 Å². The van der Waals surface area contributed by atoms with Gasteiger partial charge in [0.2, 0.25) is 0 Å². The van der Waals surface area contributed by atoms with E-state index < -0.39 is 15.9 Å². The minimum atomic E-state index is -3.51. The molecular weight excluding hydrogens is 473 g/mol. The summed E-state index contributed by atoms with van der Waals surface area (Å²) >= 11 is 0. The van der Waals surface area contributed by atoms with E-state index in [1.165, 1.54) is 28.4 Å². The highest BCUT2D eigenvalue weighted by molar-refractivity contribution is 7.90. The van der Waals surface area contributed by atoms with E-state index in [0.29, 0.717) is 29.1 Å². The standard InChI is InChI=1S/C25H26FN3O5S/c1-5-34-24-23(33-3)13-11-19(27-24)22(15-35(4,31)32)29-20-12-8-17(14-21(20)28(2)25(29)30)16-6-9-18(26)10-7-16/h6-14,22H,5,15H2,1-4H3/t22-/m0/s1. The second-order valence-corrected chi connectivity index (χ2v) is 10.4. The van der Waals surface area contributed by atoms with Crippen molar-refractivity contribution >= 4 is 20.9 Å². The molecule has 184 valence electrons. The highest BCUT2D eigenvalue weighted by Crippen LogP contribution is 2.31. The fourth-order valence-corrected chi connectivity index (χ4v) is 4.98. The number of benzene rings is 2. The van der Waals surface area contributed by atoms with Crippen LogP contribution in [0.2, 0.25) is 0 Å². The highest BCUT2D eigenvalue weighted by atomic mass is 32.2. The summed E-state index contributed by atoms with van der Waals surface area (Å²) in [6.45, 7) is 2.14. The molecule has 35 heavy (non-hydrogen) atoms. The smallest absolute Gasteiger partial charge is 0.329 e. The number of nitrogens with zero attached hydrogens (tertiary/aromatic N) is 3. The molecule has 1 atom stereocenters. The van der Waals surface area contributed by atoms with Crippen molar-refractivity contribution in [1.29, 1.82) is 0 Å². The number of methoxy groups -OCH3 is 1. The van der Waals surface area contributed by atoms with Crippen LogP contribution in [0.15, 0.2) is 59.4 Å². The number of hydrogen-bond donors (Lipinski definition) is 0. The van der Waals surface area contributed by atoms with E-state index in [0.717, 1.165) is 17.4 Å². The Labute approximate surface area is 202 Å². The normalized spacial score (nSPS) is 12.6. The molecule has 0 fully saturated rings. The van der Waals surface area contributed by atoms with Gasteiger partial charge >= 0.3 is 5.69 Å². The summed E-state index contributed by atoms with van der Waals surface area (Å²) in [6.07, 6.45) is 1.12. The number of pyridine rings is 1. The number of imidazole rings is 1. The van der Waals surface area contributed by atoms with Crippen molar-refractivity contribution in [2.24, 2.45) is 7.05 Å². The lowest BCUT2D eigenvalue weighted by molar-refractivity contribution is 0.296. The number of fused-ring (bicyclic) bond motifs is 1. The third-order valence-corrected chi connectivity index (χ3v) is 6.65. The lowest BCUT2D eigenvalue weighted by Gasteiger charge is -2.19. The number of ether oxygens (including phenoxy) is 2. The lowest BCUT2D eigenvalue weighted by atomic mass is 10.0. The van der Waals surface area contributed by atoms with Crippen molar-refractivity contribution in [2.45, 2.75) is 13.0 Å². The maximum atomic E-state index is 13.4. The monoisotopic (exact) mass is 499 g/mol. The molecule has 0 aliphatic heterocycles. The first-order chi connectivity index (χ1) is 16.6. The lowest BCUT2D eigenvalue weighted by Crippen LogP contribution is -2.31. The van der Waals surface area contributed by atoms with E-state index in [-0.39, 0.29) is 23.1 Å². The Morgan fingerprint density at radius 1 is 1.03 bits per heavy atom. The second kappa shape index (κ2) is 9.53. The fraction of sp³-hybridized carbons (Fsp3) is 0.280. The second-order valence-electron chi connectivity index (χ2n) is 8.21. The summed E-state index contributed by atoms with van der Waals surface area (Å²) in [5, 5.41) is 0. The van der Waals surface area contributed by atoms with Gasteiger partial charge in [0.25, 0.3) is 5.88 Å². The van der Waals surface area contributed by atoms with Crippen molar-refractivity contribution in [2.75, 3.05) is 25.7 Å². The third-order valence-electron chi connectivity index (χ3n) is 5.73. The van der Waals surface area contributed by atoms with Crippen LogP contribution in [0.4, 0.5) is 4.39 Å². The van der Waals surface area contributed by atoms with E-state index in [1.54, 1.807) is 44.3 Å². The maximum Gasteiger partial charge on any atom is 0.329 e. The number of sulfone groups is 1. The number of aromatic nitrogens is 3. The van der Waals surface area contributed by atoms with Crippen LogP contribution in [0, 0.1) is 5.82 Å². The molecule has 10 heteroatoms. The highest BCUT2D eigenvalue weighted by Gasteiger charge is 2.27. The number of rotatable bonds is 8. The van der Waals surface area contributed by atoms with Gasteiger partial charge in [0, 0.05) is 13.3 Å². The van der Waals surface area contributed by atoms with Gasteiger partial charge in [-0.3, -0.25) is 9.13 Å². The van der Waals surface area contributed by atoms with E-state index in [2.05, 4.69) is 4.98 Å². The predicted octanol–water partition coefficient (Wildman–Crippen LogP) is 3.58. The van der Waals surface area contributed by atoms with Crippen LogP contribution < -0.4 is 15.2 Å². The first-order valence-corrected chi connectivity index (χ1v) is 13.0. The molecule has 0 amide bonds. The molecule has 0 aliphatic rings. The van der Waals surface area contributed by atoms with E-state index >= 15 is 0 Å². The van der Waals surface area contributed by atoms with Gasteiger partial charge in [0.1, 0.15) is 15.7 Å². The van der Waals surface area contributed by atoms with Gasteiger partial charge in [-0.05, 0) is 54.4 Å². The van der Waals surface area contributed by atoms with Gasteiger partial charge in [0.15, 0.2) is 5.75 Å². The molecule has 0 saturated carbocycles. The first kappa shape index (κ1) is 24.5. The van der Waals surface area contributed by atoms with Crippen molar-refractivity contribution in [3.05, 3.63) is 76.6 Å². The number of aryl methyl sites for hydroxylation is 1. The van der Waals surface area contributed by atoms with Crippen LogP contribution >= 0.6 is 0 Å². The Hall–Kier alpha value is -3.66. The molecule has 0 radical (unpaired) electrons. The average Bonchev–Trinajstić information content (AvgIpc) is 3.07. The molecular formula is C25H26FN3O5S. The van der Waals surface area contributed by atoms with E-state index in [9.17, 15) is 17.6 Å². The third kappa shape index (κ3) is 4.93. The quantitative estimate of drug-likeness (QED) is 0.368. The molecule has 0 spiro atoms. The van der Waals surface area contributed by atoms with Crippen molar-refractivity contribution < 1.29 is 22.3 Å². The summed E-state index contributed by atoms with van der Waals surface area (Å²) in [4.78, 5) is 17.9. The molecule has 0 bridgehead atoms. The predicted molar refractivity (Wildman–Crippen MR) is 132 cm³/mol.